The highest BCUT2D eigenvalue weighted by atomic mass is 19.1. The number of benzene rings is 2. The lowest BCUT2D eigenvalue weighted by Crippen LogP contribution is -2.44. The van der Waals surface area contributed by atoms with Crippen LogP contribution in [0.5, 0.6) is 11.5 Å². The van der Waals surface area contributed by atoms with Crippen molar-refractivity contribution in [2.75, 3.05) is 38.4 Å². The number of hydrogen-bond donors (Lipinski definition) is 1. The number of hydrogen-bond acceptors (Lipinski definition) is 6. The van der Waals surface area contributed by atoms with E-state index in [0.29, 0.717) is 36.9 Å². The summed E-state index contributed by atoms with van der Waals surface area (Å²) in [7, 11) is 0. The van der Waals surface area contributed by atoms with Crippen LogP contribution in [0.25, 0.3) is 0 Å². The average molecular weight is 526 g/mol. The lowest BCUT2D eigenvalue weighted by Gasteiger charge is -2.27. The summed E-state index contributed by atoms with van der Waals surface area (Å²) in [6, 6.07) is 14.5. The predicted molar refractivity (Wildman–Crippen MR) is 138 cm³/mol. The maximum Gasteiger partial charge on any atom is 0.322 e. The number of anilines is 1. The van der Waals surface area contributed by atoms with Gasteiger partial charge in [-0.1, -0.05) is 18.2 Å². The van der Waals surface area contributed by atoms with E-state index in [0.717, 1.165) is 11.3 Å². The van der Waals surface area contributed by atoms with Gasteiger partial charge < -0.3 is 33.7 Å². The Bertz CT molecular complexity index is 1250. The lowest BCUT2D eigenvalue weighted by atomic mass is 10.2. The molecule has 0 radical (unpaired) electrons. The smallest absolute Gasteiger partial charge is 0.322 e. The fraction of sp³-hybridized carbons (Fsp3) is 0.357. The number of rotatable bonds is 12. The van der Waals surface area contributed by atoms with Gasteiger partial charge in [-0.15, -0.1) is 0 Å². The Morgan fingerprint density at radius 3 is 2.61 bits per heavy atom. The quantitative estimate of drug-likeness (QED) is 0.337. The van der Waals surface area contributed by atoms with E-state index < -0.39 is 11.8 Å². The monoisotopic (exact) mass is 525 g/mol. The first-order chi connectivity index (χ1) is 18.4. The van der Waals surface area contributed by atoms with Crippen molar-refractivity contribution in [1.82, 2.24) is 9.80 Å². The topological polar surface area (TPSA) is 93.5 Å². The van der Waals surface area contributed by atoms with Gasteiger partial charge in [0.1, 0.15) is 23.9 Å². The van der Waals surface area contributed by atoms with Crippen LogP contribution in [-0.2, 0) is 22.6 Å². The second-order valence-corrected chi connectivity index (χ2v) is 8.83. The first kappa shape index (κ1) is 27.0. The number of nitrogens with one attached hydrogen (secondary N) is 1. The summed E-state index contributed by atoms with van der Waals surface area (Å²) in [4.78, 5) is 29.7. The third kappa shape index (κ3) is 7.25. The van der Waals surface area contributed by atoms with Crippen molar-refractivity contribution >= 4 is 17.6 Å². The van der Waals surface area contributed by atoms with Gasteiger partial charge >= 0.3 is 6.03 Å². The summed E-state index contributed by atoms with van der Waals surface area (Å²) < 4.78 is 36.2. The molecule has 0 fully saturated rings. The summed E-state index contributed by atoms with van der Waals surface area (Å²) in [5.74, 6) is 1.77. The molecule has 1 N–H and O–H groups in total. The number of amides is 3. The highest BCUT2D eigenvalue weighted by Crippen LogP contribution is 2.33. The normalized spacial score (nSPS) is 11.9. The average Bonchev–Trinajstić information content (AvgIpc) is 3.54. The molecule has 202 valence electrons. The second-order valence-electron chi connectivity index (χ2n) is 8.83. The van der Waals surface area contributed by atoms with Gasteiger partial charge in [-0.05, 0) is 62.2 Å². The third-order valence-electron chi connectivity index (χ3n) is 5.96. The van der Waals surface area contributed by atoms with Crippen molar-refractivity contribution in [2.45, 2.75) is 33.4 Å². The van der Waals surface area contributed by atoms with Gasteiger partial charge in [0.05, 0.1) is 12.2 Å². The Morgan fingerprint density at radius 1 is 1.03 bits per heavy atom. The SMILES string of the molecule is CCOCCCN(CC(=O)N(Cc1ccc2c(c1)OCO2)Cc1ccc(C)o1)C(=O)Nc1ccccc1F. The molecule has 0 bridgehead atoms. The zero-order valence-electron chi connectivity index (χ0n) is 21.6. The molecule has 38 heavy (non-hydrogen) atoms. The number of urea groups is 1. The van der Waals surface area contributed by atoms with Crippen LogP contribution in [0.4, 0.5) is 14.9 Å². The molecule has 10 heteroatoms. The highest BCUT2D eigenvalue weighted by molar-refractivity contribution is 5.92. The van der Waals surface area contributed by atoms with Crippen LogP contribution in [0.1, 0.15) is 30.4 Å². The fourth-order valence-electron chi connectivity index (χ4n) is 4.02. The molecule has 9 nitrogen and oxygen atoms in total. The number of fused-ring (bicyclic) bond motifs is 1. The minimum Gasteiger partial charge on any atom is -0.464 e. The largest absolute Gasteiger partial charge is 0.464 e. The Balaban J connectivity index is 1.51. The molecular weight excluding hydrogens is 493 g/mol. The lowest BCUT2D eigenvalue weighted by molar-refractivity contribution is -0.133. The molecule has 0 saturated carbocycles. The molecule has 1 aliphatic heterocycles. The molecule has 1 aromatic heterocycles. The maximum absolute atomic E-state index is 14.2. The van der Waals surface area contributed by atoms with Gasteiger partial charge in [0, 0.05) is 26.3 Å². The molecule has 0 unspecified atom stereocenters. The van der Waals surface area contributed by atoms with E-state index in [9.17, 15) is 14.0 Å². The van der Waals surface area contributed by atoms with Gasteiger partial charge in [0.15, 0.2) is 11.5 Å². The first-order valence-corrected chi connectivity index (χ1v) is 12.5. The summed E-state index contributed by atoms with van der Waals surface area (Å²) in [5.41, 5.74) is 0.882. The van der Waals surface area contributed by atoms with Crippen molar-refractivity contribution in [3.63, 3.8) is 0 Å². The first-order valence-electron chi connectivity index (χ1n) is 12.5. The van der Waals surface area contributed by atoms with Crippen LogP contribution in [0.2, 0.25) is 0 Å². The van der Waals surface area contributed by atoms with Crippen LogP contribution in [0.15, 0.2) is 59.0 Å². The predicted octanol–water partition coefficient (Wildman–Crippen LogP) is 4.95. The molecule has 0 aliphatic carbocycles. The van der Waals surface area contributed by atoms with Crippen LogP contribution < -0.4 is 14.8 Å². The summed E-state index contributed by atoms with van der Waals surface area (Å²) in [5, 5.41) is 2.58. The Morgan fingerprint density at radius 2 is 1.84 bits per heavy atom. The number of carbonyl (C=O) groups excluding carboxylic acids is 2. The number of carbonyl (C=O) groups is 2. The molecule has 2 aromatic carbocycles. The van der Waals surface area contributed by atoms with Crippen LogP contribution >= 0.6 is 0 Å². The Labute approximate surface area is 221 Å². The van der Waals surface area contributed by atoms with Crippen molar-refractivity contribution in [2.24, 2.45) is 0 Å². The standard InChI is InChI=1S/C28H32FN3O6/c1-3-35-14-6-13-31(28(34)30-24-8-5-4-7-23(24)29)18-27(33)32(17-22-11-9-20(2)38-22)16-21-10-12-25-26(15-21)37-19-36-25/h4-5,7-12,15H,3,6,13-14,16-19H2,1-2H3,(H,30,34). The van der Waals surface area contributed by atoms with E-state index in [4.69, 9.17) is 18.6 Å². The molecule has 1 aliphatic rings. The van der Waals surface area contributed by atoms with Crippen LogP contribution in [0.3, 0.4) is 0 Å². The Kier molecular flexibility index (Phi) is 9.21. The van der Waals surface area contributed by atoms with Crippen LogP contribution in [0, 0.1) is 12.7 Å². The molecule has 0 spiro atoms. The second kappa shape index (κ2) is 13.0. The van der Waals surface area contributed by atoms with Crippen molar-refractivity contribution in [1.29, 1.82) is 0 Å². The fourth-order valence-corrected chi connectivity index (χ4v) is 4.02. The van der Waals surface area contributed by atoms with Gasteiger partial charge in [0.25, 0.3) is 0 Å². The van der Waals surface area contributed by atoms with E-state index in [-0.39, 0.29) is 44.6 Å². The van der Waals surface area contributed by atoms with Gasteiger partial charge in [-0.2, -0.15) is 0 Å². The van der Waals surface area contributed by atoms with Crippen molar-refractivity contribution in [3.05, 3.63) is 77.5 Å². The molecular formula is C28H32FN3O6. The molecule has 0 atom stereocenters. The number of para-hydroxylation sites is 1. The van der Waals surface area contributed by atoms with E-state index in [1.165, 1.54) is 17.0 Å². The third-order valence-corrected chi connectivity index (χ3v) is 5.96. The zero-order chi connectivity index (χ0) is 26.9. The zero-order valence-corrected chi connectivity index (χ0v) is 21.6. The number of ether oxygens (including phenoxy) is 3. The van der Waals surface area contributed by atoms with Gasteiger partial charge in [-0.25, -0.2) is 9.18 Å². The van der Waals surface area contributed by atoms with E-state index in [2.05, 4.69) is 5.32 Å². The summed E-state index contributed by atoms with van der Waals surface area (Å²) >= 11 is 0. The molecule has 0 saturated heterocycles. The molecule has 3 amide bonds. The van der Waals surface area contributed by atoms with E-state index >= 15 is 0 Å². The van der Waals surface area contributed by atoms with Crippen molar-refractivity contribution in [3.8, 4) is 11.5 Å². The van der Waals surface area contributed by atoms with Gasteiger partial charge in [0.2, 0.25) is 12.7 Å². The molecule has 4 rings (SSSR count). The van der Waals surface area contributed by atoms with Crippen LogP contribution in [-0.4, -0.2) is 54.8 Å². The maximum atomic E-state index is 14.2. The van der Waals surface area contributed by atoms with E-state index in [1.54, 1.807) is 23.1 Å². The van der Waals surface area contributed by atoms with Crippen molar-refractivity contribution < 1.29 is 32.6 Å². The number of furan rings is 1. The Hall–Kier alpha value is -4.05. The molecule has 3 aromatic rings. The highest BCUT2D eigenvalue weighted by Gasteiger charge is 2.24. The van der Waals surface area contributed by atoms with Gasteiger partial charge in [-0.3, -0.25) is 4.79 Å². The van der Waals surface area contributed by atoms with E-state index in [1.807, 2.05) is 38.1 Å². The minimum atomic E-state index is -0.572. The summed E-state index contributed by atoms with van der Waals surface area (Å²) in [6.45, 7) is 5.37. The number of aryl methyl sites for hydroxylation is 1. The number of halogens is 1. The summed E-state index contributed by atoms with van der Waals surface area (Å²) in [6.07, 6.45) is 0.519. The number of nitrogens with zero attached hydrogens (tertiary/aromatic N) is 2. The molecule has 2 heterocycles. The minimum absolute atomic E-state index is 0.0445.